The lowest BCUT2D eigenvalue weighted by atomic mass is 9.93. The largest absolute Gasteiger partial charge is 0.573 e. The minimum absolute atomic E-state index is 0.101. The van der Waals surface area contributed by atoms with Crippen LogP contribution in [-0.2, 0) is 11.3 Å². The Morgan fingerprint density at radius 3 is 2.47 bits per heavy atom. The summed E-state index contributed by atoms with van der Waals surface area (Å²) < 4.78 is 43.3. The maximum absolute atomic E-state index is 13.5. The molecule has 2 aromatic carbocycles. The SMILES string of the molecule is Cc1cc(OC(F)(F)F)cc2ccn(C(=O)c3c(Cl)ccc(CN4CCC(CC(=O)O)CC4)c3Cl)c12. The quantitative estimate of drug-likeness (QED) is 0.383. The molecule has 1 aliphatic heterocycles. The zero-order chi connectivity index (χ0) is 26.2. The third-order valence-electron chi connectivity index (χ3n) is 6.35. The van der Waals surface area contributed by atoms with Crippen LogP contribution in [0.25, 0.3) is 10.9 Å². The van der Waals surface area contributed by atoms with Crippen LogP contribution in [0.1, 0.15) is 40.7 Å². The van der Waals surface area contributed by atoms with Gasteiger partial charge in [-0.25, -0.2) is 0 Å². The van der Waals surface area contributed by atoms with E-state index in [9.17, 15) is 22.8 Å². The van der Waals surface area contributed by atoms with Crippen molar-refractivity contribution in [2.45, 2.75) is 39.1 Å². The van der Waals surface area contributed by atoms with E-state index in [1.54, 1.807) is 19.1 Å². The van der Waals surface area contributed by atoms with Crippen LogP contribution in [0.2, 0.25) is 10.0 Å². The van der Waals surface area contributed by atoms with E-state index in [2.05, 4.69) is 9.64 Å². The third-order valence-corrected chi connectivity index (χ3v) is 7.10. The van der Waals surface area contributed by atoms with E-state index in [-0.39, 0.29) is 33.7 Å². The van der Waals surface area contributed by atoms with E-state index in [0.29, 0.717) is 41.7 Å². The van der Waals surface area contributed by atoms with Gasteiger partial charge in [0.25, 0.3) is 5.91 Å². The Hall–Kier alpha value is -2.75. The van der Waals surface area contributed by atoms with Crippen molar-refractivity contribution in [2.75, 3.05) is 13.1 Å². The fourth-order valence-corrected chi connectivity index (χ4v) is 5.28. The number of benzene rings is 2. The summed E-state index contributed by atoms with van der Waals surface area (Å²) in [6.07, 6.45) is -1.69. The summed E-state index contributed by atoms with van der Waals surface area (Å²) in [4.78, 5) is 26.6. The molecule has 6 nitrogen and oxygen atoms in total. The highest BCUT2D eigenvalue weighted by molar-refractivity contribution is 6.40. The number of hydrogen-bond donors (Lipinski definition) is 1. The van der Waals surface area contributed by atoms with Gasteiger partial charge in [0.2, 0.25) is 0 Å². The van der Waals surface area contributed by atoms with Crippen molar-refractivity contribution < 1.29 is 32.6 Å². The first-order valence-corrected chi connectivity index (χ1v) is 12.0. The van der Waals surface area contributed by atoms with Crippen LogP contribution < -0.4 is 4.74 Å². The Morgan fingerprint density at radius 1 is 1.14 bits per heavy atom. The Balaban J connectivity index is 1.59. The van der Waals surface area contributed by atoms with E-state index >= 15 is 0 Å². The lowest BCUT2D eigenvalue weighted by Crippen LogP contribution is -2.34. The summed E-state index contributed by atoms with van der Waals surface area (Å²) in [6, 6.07) is 7.31. The van der Waals surface area contributed by atoms with Crippen LogP contribution in [0.3, 0.4) is 0 Å². The minimum Gasteiger partial charge on any atom is -0.481 e. The van der Waals surface area contributed by atoms with Gasteiger partial charge in [-0.05, 0) is 74.2 Å². The molecule has 1 aliphatic rings. The molecule has 0 radical (unpaired) electrons. The molecule has 1 N–H and O–H groups in total. The second-order valence-corrected chi connectivity index (χ2v) is 9.71. The number of carbonyl (C=O) groups is 2. The number of aromatic nitrogens is 1. The summed E-state index contributed by atoms with van der Waals surface area (Å²) >= 11 is 13.0. The van der Waals surface area contributed by atoms with E-state index in [4.69, 9.17) is 28.3 Å². The lowest BCUT2D eigenvalue weighted by Gasteiger charge is -2.31. The predicted molar refractivity (Wildman–Crippen MR) is 130 cm³/mol. The first kappa shape index (κ1) is 26.3. The number of hydrogen-bond acceptors (Lipinski definition) is 4. The van der Waals surface area contributed by atoms with Crippen molar-refractivity contribution in [3.63, 3.8) is 0 Å². The second-order valence-electron chi connectivity index (χ2n) is 8.93. The van der Waals surface area contributed by atoms with Crippen molar-refractivity contribution in [1.29, 1.82) is 0 Å². The van der Waals surface area contributed by atoms with E-state index in [1.165, 1.54) is 29.0 Å². The summed E-state index contributed by atoms with van der Waals surface area (Å²) in [5.41, 5.74) is 1.64. The molecular weight excluding hydrogens is 520 g/mol. The van der Waals surface area contributed by atoms with Crippen molar-refractivity contribution in [3.05, 3.63) is 63.3 Å². The van der Waals surface area contributed by atoms with Crippen LogP contribution in [0.5, 0.6) is 5.75 Å². The predicted octanol–water partition coefficient (Wildman–Crippen LogP) is 6.53. The highest BCUT2D eigenvalue weighted by atomic mass is 35.5. The van der Waals surface area contributed by atoms with Gasteiger partial charge in [0.15, 0.2) is 0 Å². The molecule has 11 heteroatoms. The monoisotopic (exact) mass is 542 g/mol. The number of carbonyl (C=O) groups excluding carboxylic acids is 1. The number of likely N-dealkylation sites (tertiary alicyclic amines) is 1. The number of aryl methyl sites for hydroxylation is 1. The van der Waals surface area contributed by atoms with Gasteiger partial charge in [-0.3, -0.25) is 19.1 Å². The lowest BCUT2D eigenvalue weighted by molar-refractivity contribution is -0.274. The molecule has 0 aliphatic carbocycles. The van der Waals surface area contributed by atoms with Crippen LogP contribution in [0, 0.1) is 12.8 Å². The normalized spacial score (nSPS) is 15.4. The average molecular weight is 543 g/mol. The number of rotatable bonds is 6. The summed E-state index contributed by atoms with van der Waals surface area (Å²) in [5.74, 6) is -1.53. The number of ether oxygens (including phenoxy) is 1. The smallest absolute Gasteiger partial charge is 0.481 e. The topological polar surface area (TPSA) is 71.8 Å². The fourth-order valence-electron chi connectivity index (χ4n) is 4.69. The minimum atomic E-state index is -4.83. The second kappa shape index (κ2) is 10.3. The molecule has 0 atom stereocenters. The summed E-state index contributed by atoms with van der Waals surface area (Å²) in [5, 5.41) is 9.76. The van der Waals surface area contributed by atoms with Crippen LogP contribution in [-0.4, -0.2) is 45.9 Å². The number of piperidine rings is 1. The number of carboxylic acids is 1. The molecule has 3 aromatic rings. The highest BCUT2D eigenvalue weighted by Gasteiger charge is 2.32. The molecule has 0 saturated carbocycles. The Kier molecular flexibility index (Phi) is 7.54. The maximum atomic E-state index is 13.5. The molecule has 36 heavy (non-hydrogen) atoms. The molecule has 0 bridgehead atoms. The van der Waals surface area contributed by atoms with E-state index in [0.717, 1.165) is 12.8 Å². The number of halogens is 5. The average Bonchev–Trinajstić information content (AvgIpc) is 3.20. The van der Waals surface area contributed by atoms with Crippen molar-refractivity contribution >= 4 is 46.0 Å². The molecule has 0 spiro atoms. The van der Waals surface area contributed by atoms with Gasteiger partial charge >= 0.3 is 12.3 Å². The van der Waals surface area contributed by atoms with Gasteiger partial charge in [0, 0.05) is 24.5 Å². The van der Waals surface area contributed by atoms with Gasteiger partial charge in [0.1, 0.15) is 5.75 Å². The van der Waals surface area contributed by atoms with Gasteiger partial charge in [0.05, 0.1) is 21.1 Å². The molecule has 0 amide bonds. The first-order chi connectivity index (χ1) is 16.9. The number of carboxylic acid groups (broad SMARTS) is 1. The Morgan fingerprint density at radius 2 is 1.83 bits per heavy atom. The molecule has 1 saturated heterocycles. The molecule has 4 rings (SSSR count). The van der Waals surface area contributed by atoms with Crippen molar-refractivity contribution in [1.82, 2.24) is 9.47 Å². The third kappa shape index (κ3) is 5.79. The summed E-state index contributed by atoms with van der Waals surface area (Å²) in [6.45, 7) is 3.48. The maximum Gasteiger partial charge on any atom is 0.573 e. The molecule has 192 valence electrons. The molecule has 0 unspecified atom stereocenters. The number of alkyl halides is 3. The van der Waals surface area contributed by atoms with E-state index in [1.807, 2.05) is 0 Å². The first-order valence-electron chi connectivity index (χ1n) is 11.3. The summed E-state index contributed by atoms with van der Waals surface area (Å²) in [7, 11) is 0. The zero-order valence-electron chi connectivity index (χ0n) is 19.2. The van der Waals surface area contributed by atoms with E-state index < -0.39 is 18.2 Å². The number of nitrogens with zero attached hydrogens (tertiary/aromatic N) is 2. The van der Waals surface area contributed by atoms with Gasteiger partial charge < -0.3 is 9.84 Å². The molecule has 1 fully saturated rings. The standard InChI is InChI=1S/C25H23Cl2F3N2O4/c1-14-10-18(36-25(28,29)30)12-16-6-9-32(23(14)16)24(35)21-19(26)3-2-17(22(21)27)13-31-7-4-15(5-8-31)11-20(33)34/h2-3,6,9-10,12,15H,4-5,7-8,11,13H2,1H3,(H,33,34). The van der Waals surface area contributed by atoms with Gasteiger partial charge in [-0.1, -0.05) is 29.3 Å². The van der Waals surface area contributed by atoms with Gasteiger partial charge in [-0.2, -0.15) is 0 Å². The molecule has 1 aromatic heterocycles. The number of fused-ring (bicyclic) bond motifs is 1. The fraction of sp³-hybridized carbons (Fsp3) is 0.360. The van der Waals surface area contributed by atoms with Crippen molar-refractivity contribution in [2.24, 2.45) is 5.92 Å². The Bertz CT molecular complexity index is 1310. The Labute approximate surface area is 215 Å². The van der Waals surface area contributed by atoms with Crippen LogP contribution >= 0.6 is 23.2 Å². The van der Waals surface area contributed by atoms with Gasteiger partial charge in [-0.15, -0.1) is 13.2 Å². The van der Waals surface area contributed by atoms with Crippen molar-refractivity contribution in [3.8, 4) is 5.75 Å². The number of aliphatic carboxylic acids is 1. The van der Waals surface area contributed by atoms with Crippen LogP contribution in [0.4, 0.5) is 13.2 Å². The molecular formula is C25H23Cl2F3N2O4. The zero-order valence-corrected chi connectivity index (χ0v) is 20.8. The van der Waals surface area contributed by atoms with Crippen LogP contribution in [0.15, 0.2) is 36.5 Å². The molecule has 2 heterocycles. The highest BCUT2D eigenvalue weighted by Crippen LogP contribution is 2.34.